The highest BCUT2D eigenvalue weighted by atomic mass is 16.2. The van der Waals surface area contributed by atoms with Crippen molar-refractivity contribution in [2.45, 2.75) is 26.2 Å². The SMILES string of the molecule is O=C(CN1Cc2ccccc2C1)NCc1cnn(Cc2ccccc2)c1. The minimum atomic E-state index is 0.0496. The first-order valence-corrected chi connectivity index (χ1v) is 8.87. The predicted octanol–water partition coefficient (Wildman–Crippen LogP) is 2.56. The number of nitrogens with one attached hydrogen (secondary N) is 1. The minimum Gasteiger partial charge on any atom is -0.351 e. The Morgan fingerprint density at radius 1 is 0.962 bits per heavy atom. The molecule has 0 saturated heterocycles. The Bertz CT molecular complexity index is 863. The third-order valence-corrected chi connectivity index (χ3v) is 4.64. The monoisotopic (exact) mass is 346 g/mol. The van der Waals surface area contributed by atoms with Crippen LogP contribution in [0.15, 0.2) is 67.0 Å². The highest BCUT2D eigenvalue weighted by Crippen LogP contribution is 2.21. The Kier molecular flexibility index (Phi) is 4.80. The fourth-order valence-corrected chi connectivity index (χ4v) is 3.33. The molecule has 26 heavy (non-hydrogen) atoms. The molecule has 0 atom stereocenters. The van der Waals surface area contributed by atoms with Gasteiger partial charge in [0.2, 0.25) is 5.91 Å². The zero-order chi connectivity index (χ0) is 17.8. The number of hydrogen-bond donors (Lipinski definition) is 1. The first kappa shape index (κ1) is 16.5. The summed E-state index contributed by atoms with van der Waals surface area (Å²) in [4.78, 5) is 14.4. The molecule has 0 fully saturated rings. The van der Waals surface area contributed by atoms with Crippen molar-refractivity contribution >= 4 is 5.91 Å². The number of carbonyl (C=O) groups is 1. The van der Waals surface area contributed by atoms with Crippen LogP contribution in [0.4, 0.5) is 0 Å². The molecule has 1 aliphatic rings. The van der Waals surface area contributed by atoms with Crippen molar-refractivity contribution in [3.63, 3.8) is 0 Å². The summed E-state index contributed by atoms with van der Waals surface area (Å²) in [5.41, 5.74) is 4.86. The molecule has 0 saturated carbocycles. The van der Waals surface area contributed by atoms with E-state index in [4.69, 9.17) is 0 Å². The van der Waals surface area contributed by atoms with Crippen molar-refractivity contribution < 1.29 is 4.79 Å². The fourth-order valence-electron chi connectivity index (χ4n) is 3.33. The lowest BCUT2D eigenvalue weighted by Crippen LogP contribution is -2.34. The van der Waals surface area contributed by atoms with Crippen LogP contribution in [0.2, 0.25) is 0 Å². The van der Waals surface area contributed by atoms with E-state index in [1.807, 2.05) is 35.3 Å². The van der Waals surface area contributed by atoms with Gasteiger partial charge in [0.15, 0.2) is 0 Å². The van der Waals surface area contributed by atoms with Gasteiger partial charge in [-0.2, -0.15) is 5.10 Å². The van der Waals surface area contributed by atoms with Gasteiger partial charge in [0.25, 0.3) is 0 Å². The fraction of sp³-hybridized carbons (Fsp3) is 0.238. The second-order valence-corrected chi connectivity index (χ2v) is 6.72. The molecule has 1 aliphatic heterocycles. The zero-order valence-electron chi connectivity index (χ0n) is 14.6. The molecule has 5 nitrogen and oxygen atoms in total. The van der Waals surface area contributed by atoms with Gasteiger partial charge < -0.3 is 5.32 Å². The van der Waals surface area contributed by atoms with Gasteiger partial charge in [0.1, 0.15) is 0 Å². The Balaban J connectivity index is 1.25. The maximum Gasteiger partial charge on any atom is 0.234 e. The van der Waals surface area contributed by atoms with Crippen molar-refractivity contribution in [2.24, 2.45) is 0 Å². The van der Waals surface area contributed by atoms with Crippen LogP contribution in [0.5, 0.6) is 0 Å². The molecule has 0 radical (unpaired) electrons. The number of aromatic nitrogens is 2. The molecule has 0 spiro atoms. The first-order chi connectivity index (χ1) is 12.8. The van der Waals surface area contributed by atoms with Crippen LogP contribution in [0, 0.1) is 0 Å². The summed E-state index contributed by atoms with van der Waals surface area (Å²) in [5.74, 6) is 0.0496. The van der Waals surface area contributed by atoms with Gasteiger partial charge in [-0.3, -0.25) is 14.4 Å². The number of fused-ring (bicyclic) bond motifs is 1. The van der Waals surface area contributed by atoms with E-state index in [0.29, 0.717) is 13.1 Å². The van der Waals surface area contributed by atoms with Crippen molar-refractivity contribution in [1.82, 2.24) is 20.0 Å². The van der Waals surface area contributed by atoms with Crippen LogP contribution in [0.3, 0.4) is 0 Å². The van der Waals surface area contributed by atoms with Crippen molar-refractivity contribution in [3.05, 3.63) is 89.2 Å². The van der Waals surface area contributed by atoms with Gasteiger partial charge in [-0.15, -0.1) is 0 Å². The molecule has 2 heterocycles. The maximum atomic E-state index is 12.2. The van der Waals surface area contributed by atoms with Crippen LogP contribution in [0.25, 0.3) is 0 Å². The van der Waals surface area contributed by atoms with Gasteiger partial charge in [-0.25, -0.2) is 0 Å². The number of benzene rings is 2. The standard InChI is InChI=1S/C21H22N4O/c26-21(16-24-14-19-8-4-5-9-20(19)15-24)22-10-18-11-23-25(13-18)12-17-6-2-1-3-7-17/h1-9,11,13H,10,12,14-16H2,(H,22,26). The smallest absolute Gasteiger partial charge is 0.234 e. The van der Waals surface area contributed by atoms with Gasteiger partial charge in [0, 0.05) is 31.4 Å². The lowest BCUT2D eigenvalue weighted by molar-refractivity contribution is -0.122. The van der Waals surface area contributed by atoms with Gasteiger partial charge in [-0.05, 0) is 16.7 Å². The number of nitrogens with zero attached hydrogens (tertiary/aromatic N) is 3. The van der Waals surface area contributed by atoms with Crippen molar-refractivity contribution in [1.29, 1.82) is 0 Å². The minimum absolute atomic E-state index is 0.0496. The summed E-state index contributed by atoms with van der Waals surface area (Å²) >= 11 is 0. The molecule has 4 rings (SSSR count). The summed E-state index contributed by atoms with van der Waals surface area (Å²) in [6.07, 6.45) is 3.80. The third kappa shape index (κ3) is 4.00. The summed E-state index contributed by atoms with van der Waals surface area (Å²) in [5, 5.41) is 7.37. The van der Waals surface area contributed by atoms with Gasteiger partial charge >= 0.3 is 0 Å². The Labute approximate surface area is 153 Å². The normalized spacial score (nSPS) is 13.5. The number of amides is 1. The molecule has 1 N–H and O–H groups in total. The second kappa shape index (κ2) is 7.54. The summed E-state index contributed by atoms with van der Waals surface area (Å²) < 4.78 is 1.90. The van der Waals surface area contributed by atoms with Crippen LogP contribution in [0.1, 0.15) is 22.3 Å². The molecular formula is C21H22N4O. The van der Waals surface area contributed by atoms with Crippen molar-refractivity contribution in [3.8, 4) is 0 Å². The lowest BCUT2D eigenvalue weighted by atomic mass is 10.1. The van der Waals surface area contributed by atoms with E-state index >= 15 is 0 Å². The third-order valence-electron chi connectivity index (χ3n) is 4.64. The maximum absolute atomic E-state index is 12.2. The average Bonchev–Trinajstić information content (AvgIpc) is 3.27. The number of rotatable bonds is 6. The zero-order valence-corrected chi connectivity index (χ0v) is 14.6. The van der Waals surface area contributed by atoms with Crippen LogP contribution < -0.4 is 5.32 Å². The topological polar surface area (TPSA) is 50.2 Å². The Morgan fingerprint density at radius 3 is 2.38 bits per heavy atom. The highest BCUT2D eigenvalue weighted by Gasteiger charge is 2.20. The van der Waals surface area contributed by atoms with E-state index in [2.05, 4.69) is 51.7 Å². The Morgan fingerprint density at radius 2 is 1.65 bits per heavy atom. The molecule has 3 aromatic rings. The molecular weight excluding hydrogens is 324 g/mol. The van der Waals surface area contributed by atoms with Crippen LogP contribution in [-0.4, -0.2) is 27.1 Å². The summed E-state index contributed by atoms with van der Waals surface area (Å²) in [7, 11) is 0. The molecule has 0 bridgehead atoms. The first-order valence-electron chi connectivity index (χ1n) is 8.87. The molecule has 2 aromatic carbocycles. The number of carbonyl (C=O) groups excluding carboxylic acids is 1. The molecule has 1 amide bonds. The second-order valence-electron chi connectivity index (χ2n) is 6.72. The number of hydrogen-bond acceptors (Lipinski definition) is 3. The van der Waals surface area contributed by atoms with Crippen molar-refractivity contribution in [2.75, 3.05) is 6.54 Å². The lowest BCUT2D eigenvalue weighted by Gasteiger charge is -2.14. The summed E-state index contributed by atoms with van der Waals surface area (Å²) in [6, 6.07) is 18.6. The van der Waals surface area contributed by atoms with Crippen LogP contribution >= 0.6 is 0 Å². The van der Waals surface area contributed by atoms with E-state index in [1.54, 1.807) is 0 Å². The van der Waals surface area contributed by atoms with E-state index in [1.165, 1.54) is 16.7 Å². The molecule has 0 aliphatic carbocycles. The molecule has 132 valence electrons. The van der Waals surface area contributed by atoms with Gasteiger partial charge in [0.05, 0.1) is 19.3 Å². The van der Waals surface area contributed by atoms with E-state index in [0.717, 1.165) is 25.2 Å². The average molecular weight is 346 g/mol. The quantitative estimate of drug-likeness (QED) is 0.746. The molecule has 1 aromatic heterocycles. The largest absolute Gasteiger partial charge is 0.351 e. The highest BCUT2D eigenvalue weighted by molar-refractivity contribution is 5.78. The van der Waals surface area contributed by atoms with Crippen LogP contribution in [-0.2, 0) is 31.0 Å². The molecule has 0 unspecified atom stereocenters. The van der Waals surface area contributed by atoms with E-state index in [9.17, 15) is 4.79 Å². The predicted molar refractivity (Wildman–Crippen MR) is 100 cm³/mol. The molecule has 5 heteroatoms. The van der Waals surface area contributed by atoms with Gasteiger partial charge in [-0.1, -0.05) is 54.6 Å². The van der Waals surface area contributed by atoms with E-state index in [-0.39, 0.29) is 5.91 Å². The Hall–Kier alpha value is -2.92. The summed E-state index contributed by atoms with van der Waals surface area (Å²) in [6.45, 7) is 3.36. The van der Waals surface area contributed by atoms with E-state index < -0.39 is 0 Å².